The first kappa shape index (κ1) is 11.4. The van der Waals surface area contributed by atoms with Gasteiger partial charge in [-0.2, -0.15) is 0 Å². The van der Waals surface area contributed by atoms with Gasteiger partial charge in [0.2, 0.25) is 0 Å². The molecule has 0 spiro atoms. The lowest BCUT2D eigenvalue weighted by Gasteiger charge is -2.16. The van der Waals surface area contributed by atoms with Crippen LogP contribution in [-0.2, 0) is 9.53 Å². The summed E-state index contributed by atoms with van der Waals surface area (Å²) in [7, 11) is 3.33. The first-order chi connectivity index (χ1) is 6.63. The molecule has 0 aromatic heterocycles. The van der Waals surface area contributed by atoms with Gasteiger partial charge in [-0.3, -0.25) is 4.79 Å². The fourth-order valence-corrected chi connectivity index (χ4v) is 1.79. The fourth-order valence-electron chi connectivity index (χ4n) is 1.79. The summed E-state index contributed by atoms with van der Waals surface area (Å²) < 4.78 is 18.1. The first-order valence-corrected chi connectivity index (χ1v) is 5.03. The van der Waals surface area contributed by atoms with E-state index in [-0.39, 0.29) is 18.3 Å². The van der Waals surface area contributed by atoms with Crippen LogP contribution in [0.15, 0.2) is 0 Å². The lowest BCUT2D eigenvalue weighted by molar-refractivity contribution is -0.142. The highest BCUT2D eigenvalue weighted by Crippen LogP contribution is 2.23. The van der Waals surface area contributed by atoms with Gasteiger partial charge in [0.1, 0.15) is 6.17 Å². The van der Waals surface area contributed by atoms with Gasteiger partial charge in [0.25, 0.3) is 0 Å². The molecular weight excluding hydrogens is 185 g/mol. The van der Waals surface area contributed by atoms with E-state index >= 15 is 0 Å². The molecule has 4 heteroatoms. The van der Waals surface area contributed by atoms with Crippen molar-refractivity contribution >= 4 is 5.97 Å². The SMILES string of the molecule is COC(=O)CC1CCN(C)CCC1F. The number of nitrogens with zero attached hydrogens (tertiary/aromatic N) is 1. The molecule has 1 aliphatic rings. The molecular formula is C10H18FNO2. The van der Waals surface area contributed by atoms with Crippen molar-refractivity contribution in [3.05, 3.63) is 0 Å². The standard InChI is InChI=1S/C10H18FNO2/c1-12-5-3-8(7-10(13)14-2)9(11)4-6-12/h8-9H,3-7H2,1-2H3. The van der Waals surface area contributed by atoms with E-state index in [0.717, 1.165) is 19.5 Å². The Balaban J connectivity index is 2.45. The number of hydrogen-bond acceptors (Lipinski definition) is 3. The van der Waals surface area contributed by atoms with Crippen LogP contribution in [-0.4, -0.2) is 44.3 Å². The Hall–Kier alpha value is -0.640. The number of carbonyl (C=O) groups is 1. The maximum atomic E-state index is 13.5. The molecule has 2 unspecified atom stereocenters. The lowest BCUT2D eigenvalue weighted by atomic mass is 9.95. The predicted molar refractivity (Wildman–Crippen MR) is 51.8 cm³/mol. The van der Waals surface area contributed by atoms with Crippen molar-refractivity contribution in [3.8, 4) is 0 Å². The minimum absolute atomic E-state index is 0.160. The summed E-state index contributed by atoms with van der Waals surface area (Å²) in [6.45, 7) is 1.64. The van der Waals surface area contributed by atoms with Gasteiger partial charge in [0.15, 0.2) is 0 Å². The molecule has 0 aliphatic carbocycles. The van der Waals surface area contributed by atoms with Crippen LogP contribution < -0.4 is 0 Å². The van der Waals surface area contributed by atoms with Crippen molar-refractivity contribution < 1.29 is 13.9 Å². The van der Waals surface area contributed by atoms with Gasteiger partial charge in [-0.1, -0.05) is 0 Å². The van der Waals surface area contributed by atoms with E-state index in [2.05, 4.69) is 9.64 Å². The number of halogens is 1. The van der Waals surface area contributed by atoms with Crippen LogP contribution >= 0.6 is 0 Å². The highest BCUT2D eigenvalue weighted by atomic mass is 19.1. The summed E-state index contributed by atoms with van der Waals surface area (Å²) in [6.07, 6.45) is 0.621. The summed E-state index contributed by atoms with van der Waals surface area (Å²) in [5.74, 6) is -0.463. The summed E-state index contributed by atoms with van der Waals surface area (Å²) in [4.78, 5) is 13.1. The molecule has 0 N–H and O–H groups in total. The quantitative estimate of drug-likeness (QED) is 0.632. The van der Waals surface area contributed by atoms with E-state index in [1.807, 2.05) is 7.05 Å². The van der Waals surface area contributed by atoms with Crippen molar-refractivity contribution in [3.63, 3.8) is 0 Å². The number of hydrogen-bond donors (Lipinski definition) is 0. The average Bonchev–Trinajstić information content (AvgIpc) is 2.33. The second kappa shape index (κ2) is 5.29. The predicted octanol–water partition coefficient (Wildman–Crippen LogP) is 1.23. The van der Waals surface area contributed by atoms with Crippen molar-refractivity contribution in [2.75, 3.05) is 27.2 Å². The third-order valence-electron chi connectivity index (χ3n) is 2.84. The van der Waals surface area contributed by atoms with Gasteiger partial charge in [-0.15, -0.1) is 0 Å². The van der Waals surface area contributed by atoms with Crippen LogP contribution in [0.5, 0.6) is 0 Å². The molecule has 0 bridgehead atoms. The molecule has 0 aromatic rings. The Labute approximate surface area is 84.2 Å². The highest BCUT2D eigenvalue weighted by Gasteiger charge is 2.27. The van der Waals surface area contributed by atoms with Gasteiger partial charge in [0, 0.05) is 12.5 Å². The minimum atomic E-state index is -0.862. The van der Waals surface area contributed by atoms with E-state index in [4.69, 9.17) is 0 Å². The van der Waals surface area contributed by atoms with E-state index in [0.29, 0.717) is 6.42 Å². The molecule has 1 saturated heterocycles. The third-order valence-corrected chi connectivity index (χ3v) is 2.84. The van der Waals surface area contributed by atoms with Crippen LogP contribution in [0.3, 0.4) is 0 Å². The smallest absolute Gasteiger partial charge is 0.305 e. The number of rotatable bonds is 2. The van der Waals surface area contributed by atoms with Crippen molar-refractivity contribution in [2.24, 2.45) is 5.92 Å². The summed E-state index contributed by atoms with van der Waals surface area (Å²) in [6, 6.07) is 0. The molecule has 0 saturated carbocycles. The van der Waals surface area contributed by atoms with Crippen molar-refractivity contribution in [1.82, 2.24) is 4.90 Å². The van der Waals surface area contributed by atoms with Gasteiger partial charge >= 0.3 is 5.97 Å². The van der Waals surface area contributed by atoms with E-state index in [1.54, 1.807) is 0 Å². The van der Waals surface area contributed by atoms with Gasteiger partial charge in [-0.05, 0) is 26.4 Å². The Kier molecular flexibility index (Phi) is 4.32. The second-order valence-corrected chi connectivity index (χ2v) is 3.94. The third kappa shape index (κ3) is 3.25. The molecule has 1 fully saturated rings. The molecule has 82 valence electrons. The Morgan fingerprint density at radius 3 is 2.79 bits per heavy atom. The van der Waals surface area contributed by atoms with E-state index in [9.17, 15) is 9.18 Å². The molecule has 1 rings (SSSR count). The van der Waals surface area contributed by atoms with Gasteiger partial charge in [0.05, 0.1) is 13.5 Å². The number of ether oxygens (including phenoxy) is 1. The highest BCUT2D eigenvalue weighted by molar-refractivity contribution is 5.69. The molecule has 1 heterocycles. The number of methoxy groups -OCH3 is 1. The number of carbonyl (C=O) groups excluding carboxylic acids is 1. The van der Waals surface area contributed by atoms with Gasteiger partial charge in [-0.25, -0.2) is 4.39 Å². The summed E-state index contributed by atoms with van der Waals surface area (Å²) in [5.41, 5.74) is 0. The molecule has 0 amide bonds. The normalized spacial score (nSPS) is 29.6. The minimum Gasteiger partial charge on any atom is -0.469 e. The maximum absolute atomic E-state index is 13.5. The van der Waals surface area contributed by atoms with Crippen LogP contribution in [0, 0.1) is 5.92 Å². The molecule has 0 radical (unpaired) electrons. The van der Waals surface area contributed by atoms with Crippen molar-refractivity contribution in [2.45, 2.75) is 25.4 Å². The second-order valence-electron chi connectivity index (χ2n) is 3.94. The maximum Gasteiger partial charge on any atom is 0.305 e. The molecule has 3 nitrogen and oxygen atoms in total. The van der Waals surface area contributed by atoms with Crippen LogP contribution in [0.4, 0.5) is 4.39 Å². The number of likely N-dealkylation sites (tertiary alicyclic amines) is 1. The first-order valence-electron chi connectivity index (χ1n) is 5.03. The van der Waals surface area contributed by atoms with E-state index < -0.39 is 6.17 Å². The average molecular weight is 203 g/mol. The van der Waals surface area contributed by atoms with Crippen LogP contribution in [0.25, 0.3) is 0 Å². The summed E-state index contributed by atoms with van der Waals surface area (Å²) in [5, 5.41) is 0. The zero-order valence-corrected chi connectivity index (χ0v) is 8.83. The number of esters is 1. The number of alkyl halides is 1. The Bertz CT molecular complexity index is 199. The van der Waals surface area contributed by atoms with Crippen molar-refractivity contribution in [1.29, 1.82) is 0 Å². The largest absolute Gasteiger partial charge is 0.469 e. The Morgan fingerprint density at radius 1 is 1.50 bits per heavy atom. The zero-order chi connectivity index (χ0) is 10.6. The Morgan fingerprint density at radius 2 is 2.14 bits per heavy atom. The summed E-state index contributed by atoms with van der Waals surface area (Å²) >= 11 is 0. The molecule has 1 aliphatic heterocycles. The van der Waals surface area contributed by atoms with Gasteiger partial charge < -0.3 is 9.64 Å². The topological polar surface area (TPSA) is 29.5 Å². The van der Waals surface area contributed by atoms with Crippen LogP contribution in [0.2, 0.25) is 0 Å². The molecule has 2 atom stereocenters. The zero-order valence-electron chi connectivity index (χ0n) is 8.83. The monoisotopic (exact) mass is 203 g/mol. The van der Waals surface area contributed by atoms with E-state index in [1.165, 1.54) is 7.11 Å². The molecule has 0 aromatic carbocycles. The fraction of sp³-hybridized carbons (Fsp3) is 0.900. The van der Waals surface area contributed by atoms with Crippen LogP contribution in [0.1, 0.15) is 19.3 Å². The molecule has 14 heavy (non-hydrogen) atoms. The lowest BCUT2D eigenvalue weighted by Crippen LogP contribution is -2.20.